The molecule has 0 heterocycles. The predicted molar refractivity (Wildman–Crippen MR) is 51.4 cm³/mol. The first-order chi connectivity index (χ1) is 5.70. The van der Waals surface area contributed by atoms with E-state index >= 15 is 0 Å². The van der Waals surface area contributed by atoms with Crippen molar-refractivity contribution in [1.29, 1.82) is 0 Å². The maximum absolute atomic E-state index is 7.03. The fourth-order valence-electron chi connectivity index (χ4n) is 0.938. The molecule has 12 heavy (non-hydrogen) atoms. The highest BCUT2D eigenvalue weighted by Crippen LogP contribution is 2.02. The average molecular weight is 166 g/mol. The van der Waals surface area contributed by atoms with Crippen LogP contribution in [0.3, 0.4) is 0 Å². The Labute approximate surface area is 75.0 Å². The Balaban J connectivity index is 3.76. The SMILES string of the molecule is [C]#Cc1ccc(=C)c(=[SiH2])c1C#[C]. The van der Waals surface area contributed by atoms with Gasteiger partial charge in [0.05, 0.1) is 0 Å². The van der Waals surface area contributed by atoms with Crippen LogP contribution < -0.4 is 5.22 Å². The quantitative estimate of drug-likeness (QED) is 0.372. The Morgan fingerprint density at radius 3 is 2.42 bits per heavy atom. The van der Waals surface area contributed by atoms with Gasteiger partial charge in [-0.1, -0.05) is 24.5 Å². The maximum Gasteiger partial charge on any atom is 0.0436 e. The third kappa shape index (κ3) is 1.23. The summed E-state index contributed by atoms with van der Waals surface area (Å²) in [4.78, 5) is 0.919. The Hall–Kier alpha value is -1.57. The van der Waals surface area contributed by atoms with E-state index in [0.29, 0.717) is 11.1 Å². The lowest BCUT2D eigenvalue weighted by Gasteiger charge is -1.96. The highest BCUT2D eigenvalue weighted by atomic mass is 28.1. The molecule has 0 aliphatic heterocycles. The van der Waals surface area contributed by atoms with E-state index in [-0.39, 0.29) is 0 Å². The van der Waals surface area contributed by atoms with Crippen molar-refractivity contribution >= 4 is 16.4 Å². The Bertz CT molecular complexity index is 483. The topological polar surface area (TPSA) is 0 Å². The van der Waals surface area contributed by atoms with Gasteiger partial charge >= 0.3 is 0 Å². The van der Waals surface area contributed by atoms with Gasteiger partial charge in [0, 0.05) is 11.1 Å². The molecule has 1 heteroatoms. The number of benzene rings is 1. The van der Waals surface area contributed by atoms with Gasteiger partial charge in [-0.2, -0.15) is 0 Å². The lowest BCUT2D eigenvalue weighted by Crippen LogP contribution is -2.04. The van der Waals surface area contributed by atoms with E-state index in [2.05, 4.69) is 18.4 Å². The number of hydrogen-bond donors (Lipinski definition) is 0. The first-order valence-electron chi connectivity index (χ1n) is 3.37. The first kappa shape index (κ1) is 8.52. The minimum Gasteiger partial charge on any atom is -0.0916 e. The van der Waals surface area contributed by atoms with Gasteiger partial charge in [0.15, 0.2) is 0 Å². The molecule has 1 rings (SSSR count). The van der Waals surface area contributed by atoms with E-state index in [1.54, 1.807) is 15.9 Å². The molecule has 0 bridgehead atoms. The summed E-state index contributed by atoms with van der Waals surface area (Å²) in [7, 11) is 1.65. The molecule has 0 fully saturated rings. The third-order valence-electron chi connectivity index (χ3n) is 1.67. The van der Waals surface area contributed by atoms with Gasteiger partial charge < -0.3 is 0 Å². The van der Waals surface area contributed by atoms with Crippen LogP contribution in [0, 0.1) is 29.5 Å². The fourth-order valence-corrected chi connectivity index (χ4v) is 1.33. The molecule has 0 N–H and O–H groups in total. The lowest BCUT2D eigenvalue weighted by molar-refractivity contribution is 1.50. The molecule has 0 aromatic heterocycles. The molecule has 2 radical (unpaired) electrons. The van der Waals surface area contributed by atoms with Crippen LogP contribution in [0.2, 0.25) is 0 Å². The van der Waals surface area contributed by atoms with Crippen LogP contribution in [0.5, 0.6) is 0 Å². The smallest absolute Gasteiger partial charge is 0.0436 e. The van der Waals surface area contributed by atoms with Crippen LogP contribution in [-0.2, 0) is 0 Å². The van der Waals surface area contributed by atoms with Crippen LogP contribution in [0.4, 0.5) is 0 Å². The summed E-state index contributed by atoms with van der Waals surface area (Å²) in [6.45, 7) is 3.80. The molecular formula is C11H6Si. The van der Waals surface area contributed by atoms with E-state index in [4.69, 9.17) is 12.8 Å². The second-order valence-electron chi connectivity index (χ2n) is 2.38. The average Bonchev–Trinajstić information content (AvgIpc) is 2.09. The monoisotopic (exact) mass is 166 g/mol. The summed E-state index contributed by atoms with van der Waals surface area (Å²) in [5.41, 5.74) is 1.22. The Kier molecular flexibility index (Phi) is 2.28. The lowest BCUT2D eigenvalue weighted by atomic mass is 10.1. The van der Waals surface area contributed by atoms with Crippen LogP contribution in [0.15, 0.2) is 12.1 Å². The van der Waals surface area contributed by atoms with Crippen molar-refractivity contribution < 1.29 is 0 Å². The van der Waals surface area contributed by atoms with Gasteiger partial charge in [0.1, 0.15) is 0 Å². The Morgan fingerprint density at radius 1 is 1.25 bits per heavy atom. The first-order valence-corrected chi connectivity index (χ1v) is 4.07. The molecule has 0 aliphatic carbocycles. The van der Waals surface area contributed by atoms with E-state index in [9.17, 15) is 0 Å². The number of rotatable bonds is 0. The van der Waals surface area contributed by atoms with E-state index in [0.717, 1.165) is 10.0 Å². The zero-order valence-electron chi connectivity index (χ0n) is 6.57. The normalized spacial score (nSPS) is 8.50. The summed E-state index contributed by atoms with van der Waals surface area (Å²) >= 11 is 0. The molecule has 0 nitrogen and oxygen atoms in total. The van der Waals surface area contributed by atoms with Gasteiger partial charge in [-0.15, -0.1) is 0 Å². The van der Waals surface area contributed by atoms with Crippen LogP contribution in [-0.4, -0.2) is 9.85 Å². The highest BCUT2D eigenvalue weighted by Gasteiger charge is 1.96. The van der Waals surface area contributed by atoms with Crippen molar-refractivity contribution in [3.05, 3.63) is 46.1 Å². The fraction of sp³-hybridized carbons (Fsp3) is 0. The summed E-state index contributed by atoms with van der Waals surface area (Å²) in [5.74, 6) is 4.55. The minimum atomic E-state index is 0.599. The molecule has 1 aromatic rings. The molecule has 1 aromatic carbocycles. The van der Waals surface area contributed by atoms with Gasteiger partial charge in [-0.25, -0.2) is 0 Å². The van der Waals surface area contributed by atoms with E-state index < -0.39 is 0 Å². The van der Waals surface area contributed by atoms with Crippen molar-refractivity contribution in [2.24, 2.45) is 0 Å². The molecule has 0 unspecified atom stereocenters. The molecular weight excluding hydrogens is 160 g/mol. The van der Waals surface area contributed by atoms with Crippen molar-refractivity contribution in [2.45, 2.75) is 0 Å². The Morgan fingerprint density at radius 2 is 1.92 bits per heavy atom. The second kappa shape index (κ2) is 3.22. The van der Waals surface area contributed by atoms with Crippen LogP contribution >= 0.6 is 0 Å². The van der Waals surface area contributed by atoms with Crippen LogP contribution in [0.25, 0.3) is 6.58 Å². The maximum atomic E-state index is 7.03. The summed E-state index contributed by atoms with van der Waals surface area (Å²) < 4.78 is 0. The standard InChI is InChI=1S/C11H6Si/c1-4-9-7-6-8(3)11(12)10(9)5-2/h6-7H,3,12H2. The molecule has 0 saturated heterocycles. The molecule has 0 spiro atoms. The van der Waals surface area contributed by atoms with E-state index in [1.165, 1.54) is 0 Å². The zero-order chi connectivity index (χ0) is 9.14. The largest absolute Gasteiger partial charge is 0.0916 e. The highest BCUT2D eigenvalue weighted by molar-refractivity contribution is 6.00. The zero-order valence-corrected chi connectivity index (χ0v) is 7.98. The van der Waals surface area contributed by atoms with Crippen molar-refractivity contribution in [3.63, 3.8) is 0 Å². The number of hydrogen-bond acceptors (Lipinski definition) is 0. The summed E-state index contributed by atoms with van der Waals surface area (Å²) in [6.07, 6.45) is 14.0. The van der Waals surface area contributed by atoms with E-state index in [1.807, 2.05) is 6.07 Å². The van der Waals surface area contributed by atoms with Crippen molar-refractivity contribution in [1.82, 2.24) is 0 Å². The third-order valence-corrected chi connectivity index (χ3v) is 2.48. The van der Waals surface area contributed by atoms with Crippen LogP contribution in [0.1, 0.15) is 11.1 Å². The molecule has 0 atom stereocenters. The molecule has 0 aliphatic rings. The predicted octanol–water partition coefficient (Wildman–Crippen LogP) is -0.143. The van der Waals surface area contributed by atoms with Gasteiger partial charge in [-0.3, -0.25) is 0 Å². The molecule has 0 saturated carbocycles. The van der Waals surface area contributed by atoms with Crippen molar-refractivity contribution in [3.8, 4) is 11.8 Å². The van der Waals surface area contributed by atoms with Gasteiger partial charge in [0.25, 0.3) is 0 Å². The minimum absolute atomic E-state index is 0.599. The molecule has 0 amide bonds. The summed E-state index contributed by atoms with van der Waals surface area (Å²) in [6, 6.07) is 3.55. The second-order valence-corrected chi connectivity index (χ2v) is 3.08. The van der Waals surface area contributed by atoms with Gasteiger partial charge in [0.2, 0.25) is 0 Å². The molecule has 54 valence electrons. The van der Waals surface area contributed by atoms with Gasteiger partial charge in [-0.05, 0) is 38.8 Å². The summed E-state index contributed by atoms with van der Waals surface area (Å²) in [5, 5.41) is 0.877. The van der Waals surface area contributed by atoms with Crippen molar-refractivity contribution in [2.75, 3.05) is 0 Å².